The molecule has 0 aromatic carbocycles. The largest absolute Gasteiger partial charge is 0.472 e. The molecule has 0 saturated heterocycles. The Morgan fingerprint density at radius 2 is 2.45 bits per heavy atom. The van der Waals surface area contributed by atoms with Gasteiger partial charge in [0.05, 0.1) is 18.4 Å². The molecule has 108 valence electrons. The lowest BCUT2D eigenvalue weighted by atomic mass is 10.1. The molecule has 6 heteroatoms. The van der Waals surface area contributed by atoms with Crippen LogP contribution in [0.4, 0.5) is 0 Å². The first-order valence-corrected chi connectivity index (χ1v) is 7.41. The second-order valence-electron chi connectivity index (χ2n) is 4.75. The minimum Gasteiger partial charge on any atom is -0.472 e. The molecule has 2 aromatic heterocycles. The Bertz CT molecular complexity index is 536. The van der Waals surface area contributed by atoms with Crippen LogP contribution in [-0.4, -0.2) is 29.1 Å². The zero-order chi connectivity index (χ0) is 14.4. The fourth-order valence-corrected chi connectivity index (χ4v) is 2.55. The molecule has 0 saturated carbocycles. The van der Waals surface area contributed by atoms with Crippen LogP contribution in [0.2, 0.25) is 0 Å². The van der Waals surface area contributed by atoms with Gasteiger partial charge in [-0.1, -0.05) is 6.92 Å². The van der Waals surface area contributed by atoms with Crippen LogP contribution < -0.4 is 5.32 Å². The topological polar surface area (TPSA) is 75.4 Å². The Labute approximate surface area is 121 Å². The van der Waals surface area contributed by atoms with Crippen molar-refractivity contribution in [3.63, 3.8) is 0 Å². The number of furan rings is 1. The number of aromatic nitrogens is 1. The fraction of sp³-hybridized carbons (Fsp3) is 0.429. The number of aliphatic hydroxyl groups is 1. The fourth-order valence-electron chi connectivity index (χ4n) is 1.74. The highest BCUT2D eigenvalue weighted by molar-refractivity contribution is 7.13. The average Bonchev–Trinajstić information content (AvgIpc) is 3.07. The Kier molecular flexibility index (Phi) is 5.31. The van der Waals surface area contributed by atoms with Gasteiger partial charge >= 0.3 is 0 Å². The highest BCUT2D eigenvalue weighted by Crippen LogP contribution is 2.23. The maximum absolute atomic E-state index is 11.8. The van der Waals surface area contributed by atoms with Gasteiger partial charge in [-0.15, -0.1) is 11.3 Å². The number of carbonyl (C=O) groups excluding carboxylic acids is 1. The van der Waals surface area contributed by atoms with E-state index in [-0.39, 0.29) is 24.9 Å². The van der Waals surface area contributed by atoms with Gasteiger partial charge in [-0.05, 0) is 18.4 Å². The second kappa shape index (κ2) is 7.21. The van der Waals surface area contributed by atoms with Crippen molar-refractivity contribution in [1.29, 1.82) is 0 Å². The molecule has 2 rings (SSSR count). The van der Waals surface area contributed by atoms with Crippen molar-refractivity contribution in [2.45, 2.75) is 19.8 Å². The smallest absolute Gasteiger partial charge is 0.226 e. The molecule has 20 heavy (non-hydrogen) atoms. The second-order valence-corrected chi connectivity index (χ2v) is 5.61. The lowest BCUT2D eigenvalue weighted by molar-refractivity contribution is -0.120. The lowest BCUT2D eigenvalue weighted by Crippen LogP contribution is -2.30. The van der Waals surface area contributed by atoms with Crippen LogP contribution in [0.5, 0.6) is 0 Å². The van der Waals surface area contributed by atoms with Gasteiger partial charge in [-0.3, -0.25) is 4.79 Å². The molecule has 2 heterocycles. The van der Waals surface area contributed by atoms with E-state index in [0.29, 0.717) is 13.0 Å². The van der Waals surface area contributed by atoms with E-state index in [0.717, 1.165) is 16.3 Å². The number of hydrogen-bond acceptors (Lipinski definition) is 5. The van der Waals surface area contributed by atoms with Crippen molar-refractivity contribution < 1.29 is 14.3 Å². The van der Waals surface area contributed by atoms with E-state index in [1.54, 1.807) is 12.5 Å². The quantitative estimate of drug-likeness (QED) is 0.820. The summed E-state index contributed by atoms with van der Waals surface area (Å²) in [6.07, 6.45) is 4.22. The maximum Gasteiger partial charge on any atom is 0.226 e. The van der Waals surface area contributed by atoms with Crippen molar-refractivity contribution in [1.82, 2.24) is 10.3 Å². The van der Waals surface area contributed by atoms with Gasteiger partial charge in [0, 0.05) is 24.1 Å². The molecule has 0 fully saturated rings. The van der Waals surface area contributed by atoms with E-state index in [1.165, 1.54) is 11.3 Å². The Morgan fingerprint density at radius 1 is 1.60 bits per heavy atom. The first kappa shape index (κ1) is 14.7. The van der Waals surface area contributed by atoms with Crippen molar-refractivity contribution in [3.8, 4) is 10.6 Å². The summed E-state index contributed by atoms with van der Waals surface area (Å²) in [4.78, 5) is 16.2. The van der Waals surface area contributed by atoms with Crippen LogP contribution in [0.1, 0.15) is 19.0 Å². The van der Waals surface area contributed by atoms with Crippen LogP contribution in [0.3, 0.4) is 0 Å². The van der Waals surface area contributed by atoms with E-state index in [4.69, 9.17) is 9.52 Å². The lowest BCUT2D eigenvalue weighted by Gasteiger charge is -2.10. The summed E-state index contributed by atoms with van der Waals surface area (Å²) in [5, 5.41) is 14.4. The number of nitrogens with zero attached hydrogens (tertiary/aromatic N) is 1. The van der Waals surface area contributed by atoms with E-state index >= 15 is 0 Å². The van der Waals surface area contributed by atoms with Gasteiger partial charge in [0.1, 0.15) is 11.3 Å². The van der Waals surface area contributed by atoms with Crippen LogP contribution in [0.25, 0.3) is 10.6 Å². The third-order valence-electron chi connectivity index (χ3n) is 2.93. The molecule has 2 N–H and O–H groups in total. The summed E-state index contributed by atoms with van der Waals surface area (Å²) in [6.45, 7) is 2.73. The maximum atomic E-state index is 11.8. The number of thiazole rings is 1. The number of amides is 1. The molecule has 0 radical (unpaired) electrons. The Hall–Kier alpha value is -1.66. The van der Waals surface area contributed by atoms with Crippen molar-refractivity contribution in [2.75, 3.05) is 13.2 Å². The molecule has 1 amide bonds. The minimum absolute atomic E-state index is 0.0427. The first-order chi connectivity index (χ1) is 9.69. The molecule has 0 aliphatic heterocycles. The molecule has 5 nitrogen and oxygen atoms in total. The van der Waals surface area contributed by atoms with E-state index in [2.05, 4.69) is 10.3 Å². The van der Waals surface area contributed by atoms with Crippen LogP contribution in [0.15, 0.2) is 28.4 Å². The minimum atomic E-state index is -0.0427. The zero-order valence-corrected chi connectivity index (χ0v) is 12.2. The summed E-state index contributed by atoms with van der Waals surface area (Å²) in [6, 6.07) is 1.85. The Balaban J connectivity index is 1.83. The number of nitrogens with one attached hydrogen (secondary N) is 1. The molecule has 0 aliphatic rings. The summed E-state index contributed by atoms with van der Waals surface area (Å²) in [5.41, 5.74) is 1.69. The van der Waals surface area contributed by atoms with Crippen LogP contribution in [0, 0.1) is 5.92 Å². The molecular weight excluding hydrogens is 276 g/mol. The van der Waals surface area contributed by atoms with Gasteiger partial charge < -0.3 is 14.8 Å². The summed E-state index contributed by atoms with van der Waals surface area (Å²) in [5.74, 6) is 0.236. The SMILES string of the molecule is CC(CCO)CNC(=O)Cc1csc(-c2ccoc2)n1. The normalized spacial score (nSPS) is 12.3. The first-order valence-electron chi connectivity index (χ1n) is 6.53. The van der Waals surface area contributed by atoms with Gasteiger partial charge in [0.15, 0.2) is 0 Å². The summed E-state index contributed by atoms with van der Waals surface area (Å²) < 4.78 is 5.01. The molecule has 2 aromatic rings. The van der Waals surface area contributed by atoms with Gasteiger partial charge in [0.25, 0.3) is 0 Å². The zero-order valence-electron chi connectivity index (χ0n) is 11.3. The molecule has 0 spiro atoms. The van der Waals surface area contributed by atoms with Crippen molar-refractivity contribution in [2.24, 2.45) is 5.92 Å². The van der Waals surface area contributed by atoms with E-state index in [9.17, 15) is 4.79 Å². The molecular formula is C14H18N2O3S. The molecule has 0 bridgehead atoms. The number of carbonyl (C=O) groups is 1. The van der Waals surface area contributed by atoms with Gasteiger partial charge in [-0.2, -0.15) is 0 Å². The molecule has 1 atom stereocenters. The Morgan fingerprint density at radius 3 is 3.15 bits per heavy atom. The predicted octanol–water partition coefficient (Wildman–Crippen LogP) is 2.08. The van der Waals surface area contributed by atoms with Gasteiger partial charge in [0.2, 0.25) is 5.91 Å². The summed E-state index contributed by atoms with van der Waals surface area (Å²) in [7, 11) is 0. The average molecular weight is 294 g/mol. The number of aliphatic hydroxyl groups excluding tert-OH is 1. The predicted molar refractivity (Wildman–Crippen MR) is 77.4 cm³/mol. The van der Waals surface area contributed by atoms with E-state index < -0.39 is 0 Å². The van der Waals surface area contributed by atoms with Crippen molar-refractivity contribution in [3.05, 3.63) is 29.7 Å². The number of rotatable bonds is 7. The molecule has 1 unspecified atom stereocenters. The van der Waals surface area contributed by atoms with Gasteiger partial charge in [-0.25, -0.2) is 4.98 Å². The monoisotopic (exact) mass is 294 g/mol. The highest BCUT2D eigenvalue weighted by atomic mass is 32.1. The highest BCUT2D eigenvalue weighted by Gasteiger charge is 2.10. The van der Waals surface area contributed by atoms with Crippen LogP contribution >= 0.6 is 11.3 Å². The third kappa shape index (κ3) is 4.18. The summed E-state index contributed by atoms with van der Waals surface area (Å²) >= 11 is 1.50. The molecule has 0 aliphatic carbocycles. The third-order valence-corrected chi connectivity index (χ3v) is 3.87. The number of hydrogen-bond donors (Lipinski definition) is 2. The van der Waals surface area contributed by atoms with Crippen LogP contribution in [-0.2, 0) is 11.2 Å². The van der Waals surface area contributed by atoms with E-state index in [1.807, 2.05) is 18.4 Å². The standard InChI is InChI=1S/C14H18N2O3S/c1-10(2-4-17)7-15-13(18)6-12-9-20-14(16-12)11-3-5-19-8-11/h3,5,8-10,17H,2,4,6-7H2,1H3,(H,15,18). The van der Waals surface area contributed by atoms with Crippen molar-refractivity contribution >= 4 is 17.2 Å².